The number of methoxy groups -OCH3 is 1. The summed E-state index contributed by atoms with van der Waals surface area (Å²) in [6.45, 7) is 4.59. The largest absolute Gasteiger partial charge is 0.497 e. The minimum atomic E-state index is -0.807. The van der Waals surface area contributed by atoms with Crippen molar-refractivity contribution in [3.63, 3.8) is 0 Å². The molecule has 2 rings (SSSR count). The van der Waals surface area contributed by atoms with Crippen molar-refractivity contribution in [2.45, 2.75) is 26.3 Å². The summed E-state index contributed by atoms with van der Waals surface area (Å²) < 4.78 is 5.28. The smallest absolute Gasteiger partial charge is 0.305 e. The zero-order valence-electron chi connectivity index (χ0n) is 12.5. The van der Waals surface area contributed by atoms with Crippen LogP contribution in [-0.2, 0) is 4.79 Å². The molecule has 1 heterocycles. The summed E-state index contributed by atoms with van der Waals surface area (Å²) in [5.41, 5.74) is 0. The second kappa shape index (κ2) is 6.43. The van der Waals surface area contributed by atoms with E-state index in [0.29, 0.717) is 6.54 Å². The third-order valence-corrected chi connectivity index (χ3v) is 3.57. The molecule has 1 unspecified atom stereocenters. The van der Waals surface area contributed by atoms with E-state index in [4.69, 9.17) is 9.84 Å². The Hall–Kier alpha value is -2.30. The molecule has 0 amide bonds. The van der Waals surface area contributed by atoms with Gasteiger partial charge in [0, 0.05) is 24.2 Å². The lowest BCUT2D eigenvalue weighted by Crippen LogP contribution is -2.35. The first-order valence-corrected chi connectivity index (χ1v) is 6.98. The van der Waals surface area contributed by atoms with Crippen molar-refractivity contribution < 1.29 is 14.6 Å². The fraction of sp³-hybridized carbons (Fsp3) is 0.375. The van der Waals surface area contributed by atoms with Crippen LogP contribution in [0, 0.1) is 0 Å². The van der Waals surface area contributed by atoms with Crippen LogP contribution in [0.4, 0.5) is 5.82 Å². The molecule has 21 heavy (non-hydrogen) atoms. The number of rotatable bonds is 6. The van der Waals surface area contributed by atoms with Crippen LogP contribution in [0.3, 0.4) is 0 Å². The monoisotopic (exact) mass is 288 g/mol. The molecule has 2 aromatic rings. The topological polar surface area (TPSA) is 62.7 Å². The lowest BCUT2D eigenvalue weighted by Gasteiger charge is -2.29. The first-order chi connectivity index (χ1) is 10.1. The van der Waals surface area contributed by atoms with Gasteiger partial charge in [0.15, 0.2) is 0 Å². The van der Waals surface area contributed by atoms with Gasteiger partial charge in [0.25, 0.3) is 0 Å². The van der Waals surface area contributed by atoms with Gasteiger partial charge < -0.3 is 14.7 Å². The van der Waals surface area contributed by atoms with Gasteiger partial charge in [-0.1, -0.05) is 6.07 Å². The number of anilines is 1. The Bertz CT molecular complexity index is 642. The van der Waals surface area contributed by atoms with E-state index in [2.05, 4.69) is 4.98 Å². The normalized spacial score (nSPS) is 12.1. The van der Waals surface area contributed by atoms with Crippen LogP contribution < -0.4 is 9.64 Å². The number of fused-ring (bicyclic) bond motifs is 1. The van der Waals surface area contributed by atoms with Gasteiger partial charge in [0.05, 0.1) is 13.5 Å². The molecule has 1 atom stereocenters. The van der Waals surface area contributed by atoms with Gasteiger partial charge in [0.1, 0.15) is 11.6 Å². The van der Waals surface area contributed by atoms with Gasteiger partial charge >= 0.3 is 5.97 Å². The highest BCUT2D eigenvalue weighted by molar-refractivity contribution is 5.93. The summed E-state index contributed by atoms with van der Waals surface area (Å²) in [6.07, 6.45) is 1.83. The maximum Gasteiger partial charge on any atom is 0.305 e. The highest BCUT2D eigenvalue weighted by Gasteiger charge is 2.19. The van der Waals surface area contributed by atoms with Gasteiger partial charge in [-0.25, -0.2) is 4.98 Å². The fourth-order valence-electron chi connectivity index (χ4n) is 2.52. The van der Waals surface area contributed by atoms with E-state index in [1.807, 2.05) is 43.0 Å². The first-order valence-electron chi connectivity index (χ1n) is 6.98. The van der Waals surface area contributed by atoms with Gasteiger partial charge in [-0.05, 0) is 37.4 Å². The third-order valence-electron chi connectivity index (χ3n) is 3.57. The van der Waals surface area contributed by atoms with Crippen molar-refractivity contribution >= 4 is 22.6 Å². The number of hydrogen-bond donors (Lipinski definition) is 1. The van der Waals surface area contributed by atoms with Crippen molar-refractivity contribution in [2.24, 2.45) is 0 Å². The van der Waals surface area contributed by atoms with Crippen LogP contribution in [0.5, 0.6) is 5.75 Å². The molecule has 112 valence electrons. The van der Waals surface area contributed by atoms with Crippen LogP contribution in [-0.4, -0.2) is 35.8 Å². The summed E-state index contributed by atoms with van der Waals surface area (Å²) in [5.74, 6) is 0.750. The van der Waals surface area contributed by atoms with E-state index in [1.165, 1.54) is 0 Å². The molecule has 1 aromatic carbocycles. The van der Waals surface area contributed by atoms with E-state index in [0.717, 1.165) is 22.3 Å². The molecule has 0 bridgehead atoms. The Balaban J connectivity index is 2.49. The Morgan fingerprint density at radius 1 is 1.43 bits per heavy atom. The maximum absolute atomic E-state index is 11.0. The number of carbonyl (C=O) groups is 1. The standard InChI is InChI=1S/C16H20N2O3/c1-4-18(11(2)9-15(19)20)16-14-10-13(21-3)6-5-12(14)7-8-17-16/h5-8,10-11H,4,9H2,1-3H3,(H,19,20). The highest BCUT2D eigenvalue weighted by Crippen LogP contribution is 2.29. The number of aliphatic carboxylic acids is 1. The van der Waals surface area contributed by atoms with E-state index in [9.17, 15) is 4.79 Å². The predicted octanol–water partition coefficient (Wildman–Crippen LogP) is 2.93. The lowest BCUT2D eigenvalue weighted by atomic mass is 10.1. The van der Waals surface area contributed by atoms with Gasteiger partial charge in [0.2, 0.25) is 0 Å². The minimum Gasteiger partial charge on any atom is -0.497 e. The Morgan fingerprint density at radius 3 is 2.81 bits per heavy atom. The van der Waals surface area contributed by atoms with Crippen molar-refractivity contribution in [2.75, 3.05) is 18.6 Å². The summed E-state index contributed by atoms with van der Waals surface area (Å²) in [6, 6.07) is 7.64. The number of hydrogen-bond acceptors (Lipinski definition) is 4. The Labute approximate surface area is 124 Å². The molecule has 1 N–H and O–H groups in total. The van der Waals surface area contributed by atoms with Crippen LogP contribution in [0.2, 0.25) is 0 Å². The van der Waals surface area contributed by atoms with Gasteiger partial charge in [-0.2, -0.15) is 0 Å². The average molecular weight is 288 g/mol. The zero-order chi connectivity index (χ0) is 15.4. The molecular weight excluding hydrogens is 268 g/mol. The average Bonchev–Trinajstić information content (AvgIpc) is 2.47. The van der Waals surface area contributed by atoms with Crippen LogP contribution in [0.1, 0.15) is 20.3 Å². The summed E-state index contributed by atoms with van der Waals surface area (Å²) in [4.78, 5) is 17.4. The van der Waals surface area contributed by atoms with Crippen molar-refractivity contribution in [1.82, 2.24) is 4.98 Å². The Morgan fingerprint density at radius 2 is 2.19 bits per heavy atom. The quantitative estimate of drug-likeness (QED) is 0.885. The molecule has 0 saturated heterocycles. The summed E-state index contributed by atoms with van der Waals surface area (Å²) >= 11 is 0. The van der Waals surface area contributed by atoms with E-state index in [-0.39, 0.29) is 12.5 Å². The van der Waals surface area contributed by atoms with E-state index < -0.39 is 5.97 Å². The Kier molecular flexibility index (Phi) is 4.62. The fourth-order valence-corrected chi connectivity index (χ4v) is 2.52. The molecule has 0 aliphatic carbocycles. The highest BCUT2D eigenvalue weighted by atomic mass is 16.5. The maximum atomic E-state index is 11.0. The second-order valence-corrected chi connectivity index (χ2v) is 4.95. The minimum absolute atomic E-state index is 0.0792. The lowest BCUT2D eigenvalue weighted by molar-refractivity contribution is -0.137. The number of carboxylic acids is 1. The molecule has 0 aliphatic heterocycles. The molecule has 0 aliphatic rings. The number of pyridine rings is 1. The third kappa shape index (κ3) is 3.24. The number of aromatic nitrogens is 1. The zero-order valence-corrected chi connectivity index (χ0v) is 12.5. The SMILES string of the molecule is CCN(c1nccc2ccc(OC)cc12)C(C)CC(=O)O. The van der Waals surface area contributed by atoms with Crippen molar-refractivity contribution in [1.29, 1.82) is 0 Å². The van der Waals surface area contributed by atoms with E-state index in [1.54, 1.807) is 13.3 Å². The van der Waals surface area contributed by atoms with Crippen molar-refractivity contribution in [3.05, 3.63) is 30.5 Å². The predicted molar refractivity (Wildman–Crippen MR) is 83.0 cm³/mol. The number of ether oxygens (including phenoxy) is 1. The van der Waals surface area contributed by atoms with Gasteiger partial charge in [-0.3, -0.25) is 4.79 Å². The van der Waals surface area contributed by atoms with Crippen LogP contribution in [0.15, 0.2) is 30.5 Å². The summed E-state index contributed by atoms with van der Waals surface area (Å²) in [7, 11) is 1.63. The first kappa shape index (κ1) is 15.1. The molecule has 5 heteroatoms. The summed E-state index contributed by atoms with van der Waals surface area (Å²) in [5, 5.41) is 11.0. The van der Waals surface area contributed by atoms with Crippen LogP contribution in [0.25, 0.3) is 10.8 Å². The number of nitrogens with zero attached hydrogens (tertiary/aromatic N) is 2. The molecule has 1 aromatic heterocycles. The van der Waals surface area contributed by atoms with Crippen molar-refractivity contribution in [3.8, 4) is 5.75 Å². The second-order valence-electron chi connectivity index (χ2n) is 4.95. The van der Waals surface area contributed by atoms with Crippen LogP contribution >= 0.6 is 0 Å². The molecular formula is C16H20N2O3. The molecule has 0 fully saturated rings. The molecule has 0 radical (unpaired) electrons. The molecule has 0 saturated carbocycles. The number of benzene rings is 1. The molecule has 5 nitrogen and oxygen atoms in total. The van der Waals surface area contributed by atoms with E-state index >= 15 is 0 Å². The number of carboxylic acid groups (broad SMARTS) is 1. The van der Waals surface area contributed by atoms with Gasteiger partial charge in [-0.15, -0.1) is 0 Å². The molecule has 0 spiro atoms.